The van der Waals surface area contributed by atoms with E-state index < -0.39 is 0 Å². The van der Waals surface area contributed by atoms with Gasteiger partial charge in [0.15, 0.2) is 0 Å². The second-order valence-electron chi connectivity index (χ2n) is 7.99. The van der Waals surface area contributed by atoms with Crippen LogP contribution in [-0.4, -0.2) is 14.8 Å². The summed E-state index contributed by atoms with van der Waals surface area (Å²) in [6, 6.07) is 21.7. The highest BCUT2D eigenvalue weighted by molar-refractivity contribution is 6.31. The molecule has 5 nitrogen and oxygen atoms in total. The van der Waals surface area contributed by atoms with Crippen LogP contribution in [0.25, 0.3) is 5.70 Å². The van der Waals surface area contributed by atoms with E-state index in [9.17, 15) is 0 Å². The Balaban J connectivity index is 1.63. The van der Waals surface area contributed by atoms with Crippen LogP contribution in [0.4, 0.5) is 5.95 Å². The summed E-state index contributed by atoms with van der Waals surface area (Å²) in [5.41, 5.74) is 6.20. The second-order valence-corrected chi connectivity index (χ2v) is 8.86. The molecule has 7 heteroatoms. The number of halogens is 2. The van der Waals surface area contributed by atoms with Gasteiger partial charge >= 0.3 is 0 Å². The monoisotopic (exact) mass is 460 g/mol. The Hall–Kier alpha value is -3.28. The van der Waals surface area contributed by atoms with Gasteiger partial charge in [-0.2, -0.15) is 10.1 Å². The summed E-state index contributed by atoms with van der Waals surface area (Å²) in [4.78, 5) is 4.46. The first-order valence-electron chi connectivity index (χ1n) is 10.3. The predicted octanol–water partition coefficient (Wildman–Crippen LogP) is 6.45. The van der Waals surface area contributed by atoms with E-state index in [4.69, 9.17) is 27.9 Å². The Morgan fingerprint density at radius 2 is 1.62 bits per heavy atom. The van der Waals surface area contributed by atoms with Gasteiger partial charge in [-0.1, -0.05) is 65.2 Å². The summed E-state index contributed by atoms with van der Waals surface area (Å²) in [5.74, 6) is 1.44. The molecule has 6 rings (SSSR count). The molecule has 2 atom stereocenters. The van der Waals surface area contributed by atoms with Crippen molar-refractivity contribution in [2.24, 2.45) is 0 Å². The molecule has 3 heterocycles. The molecule has 0 bridgehead atoms. The minimum absolute atomic E-state index is 0.197. The van der Waals surface area contributed by atoms with Crippen molar-refractivity contribution in [1.29, 1.82) is 0 Å². The summed E-state index contributed by atoms with van der Waals surface area (Å²) < 4.78 is 8.50. The predicted molar refractivity (Wildman–Crippen MR) is 126 cm³/mol. The fourth-order valence-electron chi connectivity index (χ4n) is 4.42. The molecule has 0 spiro atoms. The van der Waals surface area contributed by atoms with E-state index in [1.54, 1.807) is 6.33 Å². The van der Waals surface area contributed by atoms with Crippen LogP contribution in [0.2, 0.25) is 10.0 Å². The summed E-state index contributed by atoms with van der Waals surface area (Å²) in [7, 11) is 0. The third kappa shape index (κ3) is 3.08. The Morgan fingerprint density at radius 3 is 2.41 bits per heavy atom. The average Bonchev–Trinajstić information content (AvgIpc) is 3.27. The summed E-state index contributed by atoms with van der Waals surface area (Å²) >= 11 is 12.6. The normalized spacial score (nSPS) is 18.8. The van der Waals surface area contributed by atoms with Gasteiger partial charge in [0.2, 0.25) is 5.95 Å². The van der Waals surface area contributed by atoms with Crippen LogP contribution in [0.3, 0.4) is 0 Å². The third-order valence-corrected chi connectivity index (χ3v) is 6.43. The Labute approximate surface area is 195 Å². The van der Waals surface area contributed by atoms with E-state index >= 15 is 0 Å². The highest BCUT2D eigenvalue weighted by Crippen LogP contribution is 2.51. The van der Waals surface area contributed by atoms with Gasteiger partial charge in [0.1, 0.15) is 24.2 Å². The number of anilines is 1. The van der Waals surface area contributed by atoms with E-state index in [-0.39, 0.29) is 12.1 Å². The van der Waals surface area contributed by atoms with Crippen molar-refractivity contribution >= 4 is 34.8 Å². The number of nitrogens with zero attached hydrogens (tertiary/aromatic N) is 3. The summed E-state index contributed by atoms with van der Waals surface area (Å²) in [6.07, 6.45) is 1.23. The first kappa shape index (κ1) is 19.4. The first-order valence-corrected chi connectivity index (χ1v) is 11.0. The Kier molecular flexibility index (Phi) is 4.49. The maximum Gasteiger partial charge on any atom is 0.226 e. The minimum atomic E-state index is -0.341. The lowest BCUT2D eigenvalue weighted by atomic mass is 9.84. The number of benzene rings is 3. The van der Waals surface area contributed by atoms with Gasteiger partial charge in [-0.3, -0.25) is 0 Å². The molecule has 0 aliphatic carbocycles. The SMILES string of the molecule is Cc1ccc([C@H]2C3=C(Nc4ncnn42)c2cc(Cl)ccc2O[C@@H]3c2ccc(Cl)cc2)cc1. The van der Waals surface area contributed by atoms with Gasteiger partial charge in [-0.15, -0.1) is 0 Å². The molecule has 0 unspecified atom stereocenters. The molecule has 1 N–H and O–H groups in total. The van der Waals surface area contributed by atoms with Crippen LogP contribution in [-0.2, 0) is 0 Å². The zero-order valence-electron chi connectivity index (χ0n) is 17.1. The molecule has 2 aliphatic heterocycles. The van der Waals surface area contributed by atoms with Crippen molar-refractivity contribution in [2.45, 2.75) is 19.1 Å². The fourth-order valence-corrected chi connectivity index (χ4v) is 4.72. The Bertz CT molecular complexity index is 1360. The fraction of sp³-hybridized carbons (Fsp3) is 0.120. The highest BCUT2D eigenvalue weighted by Gasteiger charge is 2.40. The summed E-state index contributed by atoms with van der Waals surface area (Å²) in [5, 5.41) is 9.36. The van der Waals surface area contributed by atoms with Crippen molar-refractivity contribution in [3.05, 3.63) is 111 Å². The second kappa shape index (κ2) is 7.40. The van der Waals surface area contributed by atoms with E-state index in [0.717, 1.165) is 33.7 Å². The average molecular weight is 461 g/mol. The van der Waals surface area contributed by atoms with Crippen LogP contribution >= 0.6 is 23.2 Å². The van der Waals surface area contributed by atoms with Crippen molar-refractivity contribution in [3.63, 3.8) is 0 Å². The molecule has 32 heavy (non-hydrogen) atoms. The third-order valence-electron chi connectivity index (χ3n) is 5.94. The van der Waals surface area contributed by atoms with Gasteiger partial charge in [0.05, 0.1) is 5.70 Å². The van der Waals surface area contributed by atoms with E-state index in [1.165, 1.54) is 5.56 Å². The van der Waals surface area contributed by atoms with Gasteiger partial charge in [0, 0.05) is 21.2 Å². The highest BCUT2D eigenvalue weighted by atomic mass is 35.5. The van der Waals surface area contributed by atoms with E-state index in [2.05, 4.69) is 46.6 Å². The van der Waals surface area contributed by atoms with Crippen LogP contribution < -0.4 is 10.1 Å². The number of nitrogens with one attached hydrogen (secondary N) is 1. The standard InChI is InChI=1S/C25H18Cl2N4O/c1-14-2-4-15(5-3-14)23-21-22(30-25-28-13-29-31(23)25)19-12-18(27)10-11-20(19)32-24(21)16-6-8-17(26)9-7-16/h2-13,23-24H,1H3,(H,28,29,30)/t23-,24+/m0/s1. The van der Waals surface area contributed by atoms with Crippen LogP contribution in [0.15, 0.2) is 78.6 Å². The number of hydrogen-bond acceptors (Lipinski definition) is 4. The topological polar surface area (TPSA) is 52.0 Å². The quantitative estimate of drug-likeness (QED) is 0.373. The molecular formula is C25H18Cl2N4O. The van der Waals surface area contributed by atoms with E-state index in [0.29, 0.717) is 16.0 Å². The first-order chi connectivity index (χ1) is 15.6. The molecule has 3 aromatic carbocycles. The maximum absolute atomic E-state index is 6.59. The molecule has 0 radical (unpaired) electrons. The van der Waals surface area contributed by atoms with Gasteiger partial charge in [-0.25, -0.2) is 4.68 Å². The molecule has 4 aromatic rings. The number of fused-ring (bicyclic) bond motifs is 3. The van der Waals surface area contributed by atoms with Gasteiger partial charge in [0.25, 0.3) is 0 Å². The maximum atomic E-state index is 6.59. The smallest absolute Gasteiger partial charge is 0.226 e. The minimum Gasteiger partial charge on any atom is -0.480 e. The lowest BCUT2D eigenvalue weighted by Gasteiger charge is -2.39. The van der Waals surface area contributed by atoms with Crippen molar-refractivity contribution < 1.29 is 4.74 Å². The zero-order chi connectivity index (χ0) is 21.8. The largest absolute Gasteiger partial charge is 0.480 e. The number of ether oxygens (including phenoxy) is 1. The van der Waals surface area contributed by atoms with Crippen LogP contribution in [0.1, 0.15) is 34.4 Å². The molecule has 1 aromatic heterocycles. The van der Waals surface area contributed by atoms with Crippen molar-refractivity contribution in [1.82, 2.24) is 14.8 Å². The number of aryl methyl sites for hydroxylation is 1. The van der Waals surface area contributed by atoms with Crippen molar-refractivity contribution in [2.75, 3.05) is 5.32 Å². The van der Waals surface area contributed by atoms with E-state index in [1.807, 2.05) is 47.1 Å². The molecule has 158 valence electrons. The lowest BCUT2D eigenvalue weighted by Crippen LogP contribution is -2.32. The Morgan fingerprint density at radius 1 is 0.906 bits per heavy atom. The molecule has 0 amide bonds. The molecular weight excluding hydrogens is 443 g/mol. The number of rotatable bonds is 2. The van der Waals surface area contributed by atoms with Crippen molar-refractivity contribution in [3.8, 4) is 5.75 Å². The summed E-state index contributed by atoms with van der Waals surface area (Å²) in [6.45, 7) is 2.08. The van der Waals surface area contributed by atoms with Gasteiger partial charge < -0.3 is 10.1 Å². The lowest BCUT2D eigenvalue weighted by molar-refractivity contribution is 0.223. The number of aromatic nitrogens is 3. The van der Waals surface area contributed by atoms with Crippen LogP contribution in [0.5, 0.6) is 5.75 Å². The molecule has 0 saturated carbocycles. The number of hydrogen-bond donors (Lipinski definition) is 1. The van der Waals surface area contributed by atoms with Gasteiger partial charge in [-0.05, 0) is 48.4 Å². The molecule has 2 aliphatic rings. The zero-order valence-corrected chi connectivity index (χ0v) is 18.6. The molecule has 0 fully saturated rings. The molecule has 0 saturated heterocycles. The van der Waals surface area contributed by atoms with Crippen LogP contribution in [0, 0.1) is 6.92 Å².